The van der Waals surface area contributed by atoms with Crippen LogP contribution in [0.5, 0.6) is 5.75 Å². The van der Waals surface area contributed by atoms with Gasteiger partial charge >= 0.3 is 0 Å². The number of nitrogens with one attached hydrogen (secondary N) is 1. The van der Waals surface area contributed by atoms with Gasteiger partial charge in [0.1, 0.15) is 5.75 Å². The molecule has 3 nitrogen and oxygen atoms in total. The van der Waals surface area contributed by atoms with Gasteiger partial charge in [0.05, 0.1) is 5.56 Å². The van der Waals surface area contributed by atoms with Crippen LogP contribution < -0.4 is 5.32 Å². The minimum atomic E-state index is -0.213. The molecule has 1 aliphatic rings. The molecule has 18 heavy (non-hydrogen) atoms. The van der Waals surface area contributed by atoms with Crippen LogP contribution in [0.1, 0.15) is 36.0 Å². The Bertz CT molecular complexity index is 422. The first-order chi connectivity index (χ1) is 8.72. The molecular weight excluding hydrogens is 250 g/mol. The monoisotopic (exact) mass is 267 g/mol. The first kappa shape index (κ1) is 13.2. The third kappa shape index (κ3) is 2.96. The average molecular weight is 268 g/mol. The van der Waals surface area contributed by atoms with Crippen LogP contribution >= 0.6 is 11.6 Å². The second-order valence-corrected chi connectivity index (χ2v) is 5.10. The number of hydrogen-bond acceptors (Lipinski definition) is 2. The molecule has 2 N–H and O–H groups in total. The zero-order valence-electron chi connectivity index (χ0n) is 10.2. The molecule has 4 heteroatoms. The maximum Gasteiger partial charge on any atom is 0.255 e. The van der Waals surface area contributed by atoms with Crippen molar-refractivity contribution in [1.29, 1.82) is 0 Å². The molecule has 0 heterocycles. The van der Waals surface area contributed by atoms with E-state index in [0.717, 1.165) is 19.3 Å². The lowest BCUT2D eigenvalue weighted by Gasteiger charge is -2.30. The maximum atomic E-state index is 12.1. The quantitative estimate of drug-likeness (QED) is 0.828. The van der Waals surface area contributed by atoms with E-state index in [2.05, 4.69) is 5.32 Å². The third-order valence-electron chi connectivity index (χ3n) is 3.57. The number of carbonyl (C=O) groups is 1. The molecule has 1 aromatic carbocycles. The van der Waals surface area contributed by atoms with E-state index in [1.807, 2.05) is 0 Å². The zero-order valence-corrected chi connectivity index (χ0v) is 11.0. The van der Waals surface area contributed by atoms with E-state index in [-0.39, 0.29) is 17.7 Å². The number of amides is 1. The first-order valence-corrected chi connectivity index (χ1v) is 6.90. The van der Waals surface area contributed by atoms with Crippen molar-refractivity contribution < 1.29 is 9.90 Å². The van der Waals surface area contributed by atoms with E-state index in [1.54, 1.807) is 18.2 Å². The maximum absolute atomic E-state index is 12.1. The predicted octanol–water partition coefficient (Wildman–Crippen LogP) is 2.92. The van der Waals surface area contributed by atoms with E-state index >= 15 is 0 Å². The number of aromatic hydroxyl groups is 1. The fourth-order valence-electron chi connectivity index (χ4n) is 2.49. The van der Waals surface area contributed by atoms with Crippen molar-refractivity contribution in [1.82, 2.24) is 5.32 Å². The number of phenols is 1. The molecule has 0 saturated heterocycles. The minimum absolute atomic E-state index is 0.0215. The summed E-state index contributed by atoms with van der Waals surface area (Å²) in [7, 11) is 0. The van der Waals surface area contributed by atoms with Crippen molar-refractivity contribution in [2.24, 2.45) is 5.92 Å². The number of hydrogen-bond donors (Lipinski definition) is 2. The lowest BCUT2D eigenvalue weighted by molar-refractivity contribution is 0.0908. The van der Waals surface area contributed by atoms with E-state index < -0.39 is 0 Å². The molecule has 2 atom stereocenters. The molecule has 1 aliphatic carbocycles. The van der Waals surface area contributed by atoms with Crippen molar-refractivity contribution in [2.45, 2.75) is 31.7 Å². The van der Waals surface area contributed by atoms with Gasteiger partial charge in [0.2, 0.25) is 0 Å². The minimum Gasteiger partial charge on any atom is -0.507 e. The number of phenolic OH excluding ortho intramolecular Hbond substituents is 1. The van der Waals surface area contributed by atoms with Gasteiger partial charge in [-0.05, 0) is 30.9 Å². The molecule has 1 saturated carbocycles. The summed E-state index contributed by atoms with van der Waals surface area (Å²) >= 11 is 5.94. The molecule has 0 spiro atoms. The van der Waals surface area contributed by atoms with Crippen LogP contribution in [0.4, 0.5) is 0 Å². The summed E-state index contributed by atoms with van der Waals surface area (Å²) in [6, 6.07) is 6.73. The molecule has 1 fully saturated rings. The Morgan fingerprint density at radius 1 is 1.33 bits per heavy atom. The lowest BCUT2D eigenvalue weighted by Crippen LogP contribution is -2.42. The molecule has 2 rings (SSSR count). The smallest absolute Gasteiger partial charge is 0.255 e. The van der Waals surface area contributed by atoms with Crippen LogP contribution in [0.15, 0.2) is 24.3 Å². The molecule has 1 aromatic rings. The molecular formula is C14H18ClNO2. The normalized spacial score (nSPS) is 23.6. The van der Waals surface area contributed by atoms with Crippen molar-refractivity contribution >= 4 is 17.5 Å². The SMILES string of the molecule is O=C(NC1CCCCC1CCl)c1ccccc1O. The van der Waals surface area contributed by atoms with Gasteiger partial charge in [0.15, 0.2) is 0 Å². The molecule has 1 amide bonds. The fraction of sp³-hybridized carbons (Fsp3) is 0.500. The standard InChI is InChI=1S/C14H18ClNO2/c15-9-10-5-1-3-7-12(10)16-14(18)11-6-2-4-8-13(11)17/h2,4,6,8,10,12,17H,1,3,5,7,9H2,(H,16,18). The highest BCUT2D eigenvalue weighted by atomic mass is 35.5. The fourth-order valence-corrected chi connectivity index (χ4v) is 2.86. The first-order valence-electron chi connectivity index (χ1n) is 6.37. The van der Waals surface area contributed by atoms with E-state index in [1.165, 1.54) is 12.5 Å². The van der Waals surface area contributed by atoms with Gasteiger partial charge in [-0.25, -0.2) is 0 Å². The molecule has 0 bridgehead atoms. The summed E-state index contributed by atoms with van der Waals surface area (Å²) < 4.78 is 0. The molecule has 0 radical (unpaired) electrons. The Kier molecular flexibility index (Phi) is 4.48. The van der Waals surface area contributed by atoms with Gasteiger partial charge in [0, 0.05) is 11.9 Å². The number of benzene rings is 1. The van der Waals surface area contributed by atoms with Crippen molar-refractivity contribution in [3.05, 3.63) is 29.8 Å². The van der Waals surface area contributed by atoms with Crippen LogP contribution in [-0.4, -0.2) is 22.9 Å². The Balaban J connectivity index is 2.04. The average Bonchev–Trinajstić information content (AvgIpc) is 2.39. The van der Waals surface area contributed by atoms with Crippen molar-refractivity contribution in [2.75, 3.05) is 5.88 Å². The summed E-state index contributed by atoms with van der Waals surface area (Å²) in [5.41, 5.74) is 0.330. The summed E-state index contributed by atoms with van der Waals surface area (Å²) in [5.74, 6) is 0.727. The second-order valence-electron chi connectivity index (χ2n) is 4.80. The zero-order chi connectivity index (χ0) is 13.0. The lowest BCUT2D eigenvalue weighted by atomic mass is 9.85. The summed E-state index contributed by atoms with van der Waals surface area (Å²) in [4.78, 5) is 12.1. The van der Waals surface area contributed by atoms with E-state index in [4.69, 9.17) is 11.6 Å². The molecule has 0 aromatic heterocycles. The number of rotatable bonds is 3. The number of para-hydroxylation sites is 1. The van der Waals surface area contributed by atoms with E-state index in [9.17, 15) is 9.90 Å². The highest BCUT2D eigenvalue weighted by molar-refractivity contribution is 6.18. The van der Waals surface area contributed by atoms with Gasteiger partial charge in [-0.15, -0.1) is 11.6 Å². The highest BCUT2D eigenvalue weighted by Gasteiger charge is 2.26. The van der Waals surface area contributed by atoms with Crippen LogP contribution in [0.3, 0.4) is 0 Å². The Morgan fingerprint density at radius 2 is 2.06 bits per heavy atom. The largest absolute Gasteiger partial charge is 0.507 e. The summed E-state index contributed by atoms with van der Waals surface area (Å²) in [5, 5.41) is 12.6. The second kappa shape index (κ2) is 6.10. The van der Waals surface area contributed by atoms with E-state index in [0.29, 0.717) is 17.4 Å². The van der Waals surface area contributed by atoms with Crippen LogP contribution in [0.25, 0.3) is 0 Å². The highest BCUT2D eigenvalue weighted by Crippen LogP contribution is 2.26. The summed E-state index contributed by atoms with van der Waals surface area (Å²) in [6.45, 7) is 0. The number of carbonyl (C=O) groups excluding carboxylic acids is 1. The van der Waals surface area contributed by atoms with Gasteiger partial charge < -0.3 is 10.4 Å². The molecule has 2 unspecified atom stereocenters. The number of halogens is 1. The van der Waals surface area contributed by atoms with Crippen LogP contribution in [-0.2, 0) is 0 Å². The van der Waals surface area contributed by atoms with Gasteiger partial charge in [-0.3, -0.25) is 4.79 Å². The Hall–Kier alpha value is -1.22. The van der Waals surface area contributed by atoms with Crippen LogP contribution in [0.2, 0.25) is 0 Å². The topological polar surface area (TPSA) is 49.3 Å². The number of alkyl halides is 1. The van der Waals surface area contributed by atoms with Gasteiger partial charge in [-0.1, -0.05) is 25.0 Å². The molecule has 0 aliphatic heterocycles. The Morgan fingerprint density at radius 3 is 2.78 bits per heavy atom. The van der Waals surface area contributed by atoms with Crippen LogP contribution in [0, 0.1) is 5.92 Å². The van der Waals surface area contributed by atoms with Gasteiger partial charge in [-0.2, -0.15) is 0 Å². The Labute approximate surface area is 112 Å². The van der Waals surface area contributed by atoms with Crippen molar-refractivity contribution in [3.8, 4) is 5.75 Å². The molecule has 98 valence electrons. The predicted molar refractivity (Wildman–Crippen MR) is 72.0 cm³/mol. The third-order valence-corrected chi connectivity index (χ3v) is 3.97. The van der Waals surface area contributed by atoms with Gasteiger partial charge in [0.25, 0.3) is 5.91 Å². The van der Waals surface area contributed by atoms with Crippen molar-refractivity contribution in [3.63, 3.8) is 0 Å². The summed E-state index contributed by atoms with van der Waals surface area (Å²) in [6.07, 6.45) is 4.34.